The van der Waals surface area contributed by atoms with Crippen LogP contribution in [0.5, 0.6) is 0 Å². The van der Waals surface area contributed by atoms with E-state index in [9.17, 15) is 0 Å². The highest BCUT2D eigenvalue weighted by atomic mass is 15.0. The molecule has 0 aromatic carbocycles. The maximum Gasteiger partial charge on any atom is 0.144 e. The Kier molecular flexibility index (Phi) is 2.42. The number of H-pyrrole nitrogens is 1. The van der Waals surface area contributed by atoms with E-state index in [0.717, 1.165) is 11.5 Å². The van der Waals surface area contributed by atoms with Crippen LogP contribution in [0.4, 0.5) is 11.5 Å². The second kappa shape index (κ2) is 3.89. The van der Waals surface area contributed by atoms with E-state index in [1.54, 1.807) is 12.3 Å². The Morgan fingerprint density at radius 2 is 2.36 bits per heavy atom. The summed E-state index contributed by atoms with van der Waals surface area (Å²) < 4.78 is 0. The van der Waals surface area contributed by atoms with Crippen molar-refractivity contribution in [3.63, 3.8) is 0 Å². The molecule has 0 unspecified atom stereocenters. The van der Waals surface area contributed by atoms with E-state index < -0.39 is 0 Å². The molecule has 14 heavy (non-hydrogen) atoms. The number of nitrogens with zero attached hydrogens (tertiary/aromatic N) is 2. The van der Waals surface area contributed by atoms with Crippen LogP contribution in [0.2, 0.25) is 0 Å². The van der Waals surface area contributed by atoms with Crippen molar-refractivity contribution in [2.24, 2.45) is 5.73 Å². The maximum absolute atomic E-state index is 5.43. The molecule has 0 radical (unpaired) electrons. The van der Waals surface area contributed by atoms with Crippen LogP contribution >= 0.6 is 0 Å². The third-order valence-corrected chi connectivity index (χ3v) is 1.76. The zero-order valence-electron chi connectivity index (χ0n) is 7.57. The SMILES string of the molecule is NCc1nccc(Nc2cc[nH]c2)n1. The lowest BCUT2D eigenvalue weighted by Gasteiger charge is -2.03. The quantitative estimate of drug-likeness (QED) is 0.673. The summed E-state index contributed by atoms with van der Waals surface area (Å²) in [6, 6.07) is 3.72. The lowest BCUT2D eigenvalue weighted by Crippen LogP contribution is -2.04. The summed E-state index contributed by atoms with van der Waals surface area (Å²) in [6.45, 7) is 0.350. The minimum absolute atomic E-state index is 0.350. The fourth-order valence-electron chi connectivity index (χ4n) is 1.12. The molecule has 0 amide bonds. The minimum Gasteiger partial charge on any atom is -0.366 e. The Morgan fingerprint density at radius 1 is 1.43 bits per heavy atom. The largest absolute Gasteiger partial charge is 0.366 e. The lowest BCUT2D eigenvalue weighted by atomic mass is 10.4. The van der Waals surface area contributed by atoms with Gasteiger partial charge in [-0.2, -0.15) is 0 Å². The first kappa shape index (κ1) is 8.71. The zero-order chi connectivity index (χ0) is 9.80. The van der Waals surface area contributed by atoms with E-state index in [-0.39, 0.29) is 0 Å². The number of aromatic amines is 1. The number of nitrogens with two attached hydrogens (primary N) is 1. The monoisotopic (exact) mass is 189 g/mol. The van der Waals surface area contributed by atoms with Gasteiger partial charge in [0.1, 0.15) is 11.6 Å². The van der Waals surface area contributed by atoms with Crippen molar-refractivity contribution in [2.75, 3.05) is 5.32 Å². The minimum atomic E-state index is 0.350. The van der Waals surface area contributed by atoms with Gasteiger partial charge in [-0.3, -0.25) is 0 Å². The molecule has 0 atom stereocenters. The van der Waals surface area contributed by atoms with Crippen molar-refractivity contribution in [3.8, 4) is 0 Å². The Hall–Kier alpha value is -1.88. The molecule has 0 aliphatic carbocycles. The molecule has 0 fully saturated rings. The summed E-state index contributed by atoms with van der Waals surface area (Å²) in [6.07, 6.45) is 5.38. The maximum atomic E-state index is 5.43. The van der Waals surface area contributed by atoms with Gasteiger partial charge in [-0.1, -0.05) is 0 Å². The average Bonchev–Trinajstić information content (AvgIpc) is 2.71. The summed E-state index contributed by atoms with van der Waals surface area (Å²) in [5.74, 6) is 1.38. The molecular weight excluding hydrogens is 178 g/mol. The molecule has 2 heterocycles. The molecule has 4 N–H and O–H groups in total. The lowest BCUT2D eigenvalue weighted by molar-refractivity contribution is 0.912. The standard InChI is InChI=1S/C9H11N5/c10-5-9-12-4-2-8(14-9)13-7-1-3-11-6-7/h1-4,6,11H,5,10H2,(H,12,13,14). The molecule has 2 rings (SSSR count). The highest BCUT2D eigenvalue weighted by Gasteiger charge is 1.97. The molecule has 0 aliphatic rings. The number of rotatable bonds is 3. The first-order valence-electron chi connectivity index (χ1n) is 4.30. The normalized spacial score (nSPS) is 10.1. The molecule has 0 spiro atoms. The number of aromatic nitrogens is 3. The van der Waals surface area contributed by atoms with Crippen LogP contribution in [-0.2, 0) is 6.54 Å². The summed E-state index contributed by atoms with van der Waals surface area (Å²) in [7, 11) is 0. The summed E-state index contributed by atoms with van der Waals surface area (Å²) >= 11 is 0. The van der Waals surface area contributed by atoms with E-state index in [0.29, 0.717) is 12.4 Å². The van der Waals surface area contributed by atoms with Gasteiger partial charge < -0.3 is 16.0 Å². The molecule has 5 heteroatoms. The van der Waals surface area contributed by atoms with E-state index in [4.69, 9.17) is 5.73 Å². The molecule has 0 bridgehead atoms. The Labute approximate surface area is 81.4 Å². The summed E-state index contributed by atoms with van der Waals surface area (Å²) in [5.41, 5.74) is 6.40. The predicted molar refractivity (Wildman–Crippen MR) is 54.0 cm³/mol. The highest BCUT2D eigenvalue weighted by Crippen LogP contribution is 2.11. The molecule has 2 aromatic rings. The molecule has 0 aliphatic heterocycles. The highest BCUT2D eigenvalue weighted by molar-refractivity contribution is 5.54. The fraction of sp³-hybridized carbons (Fsp3) is 0.111. The van der Waals surface area contributed by atoms with Crippen LogP contribution in [0, 0.1) is 0 Å². The zero-order valence-corrected chi connectivity index (χ0v) is 7.57. The van der Waals surface area contributed by atoms with Gasteiger partial charge >= 0.3 is 0 Å². The van der Waals surface area contributed by atoms with Crippen LogP contribution in [0.25, 0.3) is 0 Å². The second-order valence-electron chi connectivity index (χ2n) is 2.79. The number of hydrogen-bond donors (Lipinski definition) is 3. The smallest absolute Gasteiger partial charge is 0.144 e. The average molecular weight is 189 g/mol. The molecule has 0 saturated carbocycles. The molecular formula is C9H11N5. The fourth-order valence-corrected chi connectivity index (χ4v) is 1.12. The molecule has 2 aromatic heterocycles. The van der Waals surface area contributed by atoms with E-state index in [2.05, 4.69) is 20.3 Å². The summed E-state index contributed by atoms with van der Waals surface area (Å²) in [4.78, 5) is 11.2. The molecule has 72 valence electrons. The van der Waals surface area contributed by atoms with Crippen molar-refractivity contribution < 1.29 is 0 Å². The molecule has 0 saturated heterocycles. The van der Waals surface area contributed by atoms with Crippen molar-refractivity contribution in [1.29, 1.82) is 0 Å². The Bertz CT molecular complexity index is 395. The van der Waals surface area contributed by atoms with E-state index in [1.807, 2.05) is 18.5 Å². The topological polar surface area (TPSA) is 79.6 Å². The first-order chi connectivity index (χ1) is 6.88. The number of nitrogens with one attached hydrogen (secondary N) is 2. The van der Waals surface area contributed by atoms with Crippen molar-refractivity contribution in [2.45, 2.75) is 6.54 Å². The predicted octanol–water partition coefficient (Wildman–Crippen LogP) is 1.01. The van der Waals surface area contributed by atoms with Crippen LogP contribution in [-0.4, -0.2) is 15.0 Å². The first-order valence-corrected chi connectivity index (χ1v) is 4.30. The van der Waals surface area contributed by atoms with Crippen LogP contribution in [0.15, 0.2) is 30.7 Å². The van der Waals surface area contributed by atoms with Crippen LogP contribution < -0.4 is 11.1 Å². The van der Waals surface area contributed by atoms with Gasteiger partial charge in [0, 0.05) is 18.6 Å². The van der Waals surface area contributed by atoms with Gasteiger partial charge in [0.25, 0.3) is 0 Å². The van der Waals surface area contributed by atoms with Gasteiger partial charge in [-0.15, -0.1) is 0 Å². The Balaban J connectivity index is 2.17. The van der Waals surface area contributed by atoms with Crippen LogP contribution in [0.3, 0.4) is 0 Å². The molecule has 5 nitrogen and oxygen atoms in total. The number of anilines is 2. The van der Waals surface area contributed by atoms with Gasteiger partial charge in [-0.05, 0) is 12.1 Å². The third-order valence-electron chi connectivity index (χ3n) is 1.76. The van der Waals surface area contributed by atoms with E-state index in [1.165, 1.54) is 0 Å². The van der Waals surface area contributed by atoms with Gasteiger partial charge in [0.15, 0.2) is 0 Å². The third kappa shape index (κ3) is 1.89. The van der Waals surface area contributed by atoms with Crippen molar-refractivity contribution in [1.82, 2.24) is 15.0 Å². The van der Waals surface area contributed by atoms with Crippen LogP contribution in [0.1, 0.15) is 5.82 Å². The summed E-state index contributed by atoms with van der Waals surface area (Å²) in [5, 5.41) is 3.12. The van der Waals surface area contributed by atoms with Gasteiger partial charge in [-0.25, -0.2) is 9.97 Å². The Morgan fingerprint density at radius 3 is 3.07 bits per heavy atom. The van der Waals surface area contributed by atoms with E-state index >= 15 is 0 Å². The van der Waals surface area contributed by atoms with Crippen molar-refractivity contribution in [3.05, 3.63) is 36.5 Å². The van der Waals surface area contributed by atoms with Crippen molar-refractivity contribution >= 4 is 11.5 Å². The second-order valence-corrected chi connectivity index (χ2v) is 2.79. The van der Waals surface area contributed by atoms with Gasteiger partial charge in [0.05, 0.1) is 12.2 Å². The number of hydrogen-bond acceptors (Lipinski definition) is 4. The van der Waals surface area contributed by atoms with Gasteiger partial charge in [0.2, 0.25) is 0 Å².